The van der Waals surface area contributed by atoms with Gasteiger partial charge in [-0.3, -0.25) is 34.1 Å². The van der Waals surface area contributed by atoms with Gasteiger partial charge in [0.25, 0.3) is 5.69 Å². The van der Waals surface area contributed by atoms with Crippen LogP contribution in [0.5, 0.6) is 0 Å². The van der Waals surface area contributed by atoms with E-state index in [9.17, 15) is 34.1 Å². The molecule has 0 radical (unpaired) electrons. The van der Waals surface area contributed by atoms with Crippen molar-refractivity contribution in [2.24, 2.45) is 5.73 Å². The average Bonchev–Trinajstić information content (AvgIpc) is 2.89. The van der Waals surface area contributed by atoms with Crippen LogP contribution in [0.1, 0.15) is 36.8 Å². The highest BCUT2D eigenvalue weighted by atomic mass is 16.6. The fourth-order valence-corrected chi connectivity index (χ4v) is 4.27. The molecule has 13 nitrogen and oxygen atoms in total. The molecule has 0 spiro atoms. The fraction of sp³-hybridized carbons (Fsp3) is 0.346. The molecule has 5 N–H and O–H groups in total. The molecule has 4 atom stereocenters. The van der Waals surface area contributed by atoms with E-state index in [1.54, 1.807) is 6.92 Å². The van der Waals surface area contributed by atoms with E-state index in [2.05, 4.69) is 16.0 Å². The minimum Gasteiger partial charge on any atom is -0.466 e. The van der Waals surface area contributed by atoms with E-state index in [4.69, 9.17) is 10.5 Å². The first-order valence-electron chi connectivity index (χ1n) is 12.2. The minimum absolute atomic E-state index is 0.0706. The quantitative estimate of drug-likeness (QED) is 0.167. The molecule has 0 aliphatic carbocycles. The third-order valence-electron chi connectivity index (χ3n) is 6.19. The van der Waals surface area contributed by atoms with Gasteiger partial charge in [0.15, 0.2) is 0 Å². The monoisotopic (exact) mass is 539 g/mol. The molecule has 4 amide bonds. The summed E-state index contributed by atoms with van der Waals surface area (Å²) >= 11 is 0. The van der Waals surface area contributed by atoms with E-state index in [0.29, 0.717) is 5.56 Å². The van der Waals surface area contributed by atoms with E-state index in [-0.39, 0.29) is 25.1 Å². The summed E-state index contributed by atoms with van der Waals surface area (Å²) in [5.41, 5.74) is 6.52. The van der Waals surface area contributed by atoms with Crippen molar-refractivity contribution in [3.63, 3.8) is 0 Å². The molecule has 0 bridgehead atoms. The molecular formula is C26H29N5O8. The Kier molecular flexibility index (Phi) is 9.68. The molecule has 1 fully saturated rings. The highest BCUT2D eigenvalue weighted by Gasteiger charge is 2.37. The molecular weight excluding hydrogens is 510 g/mol. The molecule has 0 aromatic heterocycles. The van der Waals surface area contributed by atoms with Crippen LogP contribution in [0.15, 0.2) is 54.6 Å². The number of nitrogens with zero attached hydrogens (tertiary/aromatic N) is 1. The van der Waals surface area contributed by atoms with Gasteiger partial charge in [0, 0.05) is 24.5 Å². The predicted molar refractivity (Wildman–Crippen MR) is 137 cm³/mol. The smallest absolute Gasteiger partial charge is 0.306 e. The Morgan fingerprint density at radius 2 is 1.64 bits per heavy atom. The zero-order valence-electron chi connectivity index (χ0n) is 21.1. The normalized spacial score (nSPS) is 18.2. The maximum atomic E-state index is 12.9. The third kappa shape index (κ3) is 7.84. The van der Waals surface area contributed by atoms with Crippen molar-refractivity contribution < 1.29 is 33.6 Å². The van der Waals surface area contributed by atoms with Gasteiger partial charge in [-0.05, 0) is 18.1 Å². The van der Waals surface area contributed by atoms with Gasteiger partial charge in [0.1, 0.15) is 18.1 Å². The summed E-state index contributed by atoms with van der Waals surface area (Å²) in [6.07, 6.45) is -0.584. The number of piperazine rings is 1. The number of nitro benzene ring substituents is 1. The Hall–Kier alpha value is -4.81. The largest absolute Gasteiger partial charge is 0.466 e. The summed E-state index contributed by atoms with van der Waals surface area (Å²) in [6.45, 7) is 1.67. The third-order valence-corrected chi connectivity index (χ3v) is 6.19. The van der Waals surface area contributed by atoms with Crippen LogP contribution >= 0.6 is 0 Å². The second-order valence-electron chi connectivity index (χ2n) is 8.93. The lowest BCUT2D eigenvalue weighted by Crippen LogP contribution is -2.63. The average molecular weight is 540 g/mol. The number of hydrogen-bond acceptors (Lipinski definition) is 8. The van der Waals surface area contributed by atoms with Crippen molar-refractivity contribution in [3.8, 4) is 0 Å². The van der Waals surface area contributed by atoms with Gasteiger partial charge in [0.2, 0.25) is 23.6 Å². The van der Waals surface area contributed by atoms with E-state index in [1.807, 2.05) is 30.3 Å². The number of primary amides is 1. The van der Waals surface area contributed by atoms with Crippen molar-refractivity contribution in [2.75, 3.05) is 6.61 Å². The maximum absolute atomic E-state index is 12.9. The van der Waals surface area contributed by atoms with Gasteiger partial charge < -0.3 is 26.4 Å². The second-order valence-corrected chi connectivity index (χ2v) is 8.93. The number of carbonyl (C=O) groups excluding carboxylic acids is 5. The van der Waals surface area contributed by atoms with Crippen LogP contribution in [-0.4, -0.2) is 59.3 Å². The van der Waals surface area contributed by atoms with Gasteiger partial charge in [-0.2, -0.15) is 0 Å². The second kappa shape index (κ2) is 13.1. The van der Waals surface area contributed by atoms with Gasteiger partial charge in [-0.25, -0.2) is 0 Å². The number of nitrogens with one attached hydrogen (secondary N) is 3. The summed E-state index contributed by atoms with van der Waals surface area (Å²) in [6, 6.07) is 10.8. The van der Waals surface area contributed by atoms with Crippen LogP contribution < -0.4 is 21.7 Å². The molecule has 0 unspecified atom stereocenters. The molecule has 1 aliphatic heterocycles. The van der Waals surface area contributed by atoms with Crippen LogP contribution in [0.25, 0.3) is 0 Å². The zero-order valence-corrected chi connectivity index (χ0v) is 21.1. The topological polar surface area (TPSA) is 200 Å². The van der Waals surface area contributed by atoms with E-state index in [1.165, 1.54) is 24.3 Å². The Morgan fingerprint density at radius 3 is 2.23 bits per heavy atom. The lowest BCUT2D eigenvalue weighted by molar-refractivity contribution is -0.384. The molecule has 1 heterocycles. The minimum atomic E-state index is -1.42. The molecule has 2 aromatic rings. The van der Waals surface area contributed by atoms with E-state index >= 15 is 0 Å². The Balaban J connectivity index is 1.72. The summed E-state index contributed by atoms with van der Waals surface area (Å²) < 4.78 is 4.98. The van der Waals surface area contributed by atoms with Crippen LogP contribution in [0.3, 0.4) is 0 Å². The maximum Gasteiger partial charge on any atom is 0.306 e. The summed E-state index contributed by atoms with van der Waals surface area (Å²) in [4.78, 5) is 73.2. The van der Waals surface area contributed by atoms with Gasteiger partial charge in [-0.1, -0.05) is 42.5 Å². The van der Waals surface area contributed by atoms with Crippen molar-refractivity contribution in [1.29, 1.82) is 0 Å². The molecule has 39 heavy (non-hydrogen) atoms. The van der Waals surface area contributed by atoms with Gasteiger partial charge >= 0.3 is 5.97 Å². The SMILES string of the molecule is CCOC(=O)C[C@H](c1ccc([N+](=O)[O-])cc1)[C@@H](NC(=O)C[C@@H]1NC(=O)[C@H](Cc2ccccc2)NC1=O)C(N)=O. The Morgan fingerprint density at radius 1 is 1.03 bits per heavy atom. The molecule has 13 heteroatoms. The van der Waals surface area contributed by atoms with Gasteiger partial charge in [0.05, 0.1) is 24.4 Å². The fourth-order valence-electron chi connectivity index (χ4n) is 4.27. The molecule has 1 aliphatic rings. The van der Waals surface area contributed by atoms with Crippen LogP contribution in [0.4, 0.5) is 5.69 Å². The Bertz CT molecular complexity index is 1230. The number of rotatable bonds is 12. The van der Waals surface area contributed by atoms with Crippen molar-refractivity contribution in [1.82, 2.24) is 16.0 Å². The summed E-state index contributed by atoms with van der Waals surface area (Å²) in [7, 11) is 0. The highest BCUT2D eigenvalue weighted by molar-refractivity contribution is 5.99. The number of hydrogen-bond donors (Lipinski definition) is 4. The molecule has 0 saturated carbocycles. The first-order valence-corrected chi connectivity index (χ1v) is 12.2. The number of carbonyl (C=O) groups is 5. The Labute approximate surface area is 223 Å². The zero-order chi connectivity index (χ0) is 28.5. The number of benzene rings is 2. The lowest BCUT2D eigenvalue weighted by Gasteiger charge is -2.30. The van der Waals surface area contributed by atoms with Crippen LogP contribution in [-0.2, 0) is 35.1 Å². The van der Waals surface area contributed by atoms with E-state index in [0.717, 1.165) is 5.56 Å². The van der Waals surface area contributed by atoms with Crippen molar-refractivity contribution in [3.05, 3.63) is 75.8 Å². The highest BCUT2D eigenvalue weighted by Crippen LogP contribution is 2.27. The standard InChI is InChI=1S/C26H29N5O8/c1-2-39-22(33)13-18(16-8-10-17(11-9-16)31(37)38)23(24(27)34)30-21(32)14-20-26(36)28-19(25(35)29-20)12-15-6-4-3-5-7-15/h3-11,18-20,23H,2,12-14H2,1H3,(H2,27,34)(H,28,36)(H,29,35)(H,30,32)/t18-,19+,20+,23-/m1/s1. The number of amides is 4. The number of nitrogens with two attached hydrogens (primary N) is 1. The first kappa shape index (κ1) is 28.8. The van der Waals surface area contributed by atoms with Crippen molar-refractivity contribution in [2.45, 2.75) is 50.2 Å². The summed E-state index contributed by atoms with van der Waals surface area (Å²) in [5, 5.41) is 18.6. The van der Waals surface area contributed by atoms with E-state index < -0.39 is 65.0 Å². The predicted octanol–water partition coefficient (Wildman–Crippen LogP) is 0.218. The summed E-state index contributed by atoms with van der Waals surface area (Å²) in [5.74, 6) is -4.48. The lowest BCUT2D eigenvalue weighted by atomic mass is 9.87. The molecule has 3 rings (SSSR count). The van der Waals surface area contributed by atoms with Crippen LogP contribution in [0.2, 0.25) is 0 Å². The number of non-ortho nitro benzene ring substituents is 1. The molecule has 2 aromatic carbocycles. The van der Waals surface area contributed by atoms with Gasteiger partial charge in [-0.15, -0.1) is 0 Å². The number of esters is 1. The molecule has 206 valence electrons. The first-order chi connectivity index (χ1) is 18.6. The number of nitro groups is 1. The van der Waals surface area contributed by atoms with Crippen LogP contribution in [0, 0.1) is 10.1 Å². The van der Waals surface area contributed by atoms with Crippen molar-refractivity contribution >= 4 is 35.3 Å². The number of ether oxygens (including phenoxy) is 1. The molecule has 1 saturated heterocycles.